The predicted molar refractivity (Wildman–Crippen MR) is 84.7 cm³/mol. The zero-order valence-electron chi connectivity index (χ0n) is 12.2. The molecule has 1 nitrogen and oxygen atoms in total. The number of likely N-dealkylation sites (N-methyl/N-ethyl adjacent to an activating group) is 1. The first kappa shape index (κ1) is 16.0. The van der Waals surface area contributed by atoms with Crippen LogP contribution < -0.4 is 5.32 Å². The Balaban J connectivity index is 2.23. The van der Waals surface area contributed by atoms with Crippen molar-refractivity contribution in [3.63, 3.8) is 0 Å². The van der Waals surface area contributed by atoms with Crippen LogP contribution >= 0.6 is 11.8 Å². The number of hydrogen-bond acceptors (Lipinski definition) is 2. The van der Waals surface area contributed by atoms with Crippen LogP contribution in [0.3, 0.4) is 0 Å². The molecule has 0 saturated carbocycles. The Bertz CT molecular complexity index is 584. The van der Waals surface area contributed by atoms with Crippen LogP contribution in [0.2, 0.25) is 0 Å². The second-order valence-electron chi connectivity index (χ2n) is 4.82. The molecule has 0 amide bonds. The summed E-state index contributed by atoms with van der Waals surface area (Å²) in [6.07, 6.45) is 2.45. The number of rotatable bonds is 6. The maximum Gasteiger partial charge on any atom is 0.126 e. The van der Waals surface area contributed by atoms with E-state index in [1.165, 1.54) is 17.0 Å². The van der Waals surface area contributed by atoms with E-state index < -0.39 is 5.82 Å². The largest absolute Gasteiger partial charge is 0.310 e. The molecule has 4 heteroatoms. The van der Waals surface area contributed by atoms with Gasteiger partial charge in [0, 0.05) is 10.9 Å². The molecule has 0 spiro atoms. The molecule has 2 aromatic rings. The maximum atomic E-state index is 13.8. The predicted octanol–water partition coefficient (Wildman–Crippen LogP) is 4.58. The van der Waals surface area contributed by atoms with E-state index in [0.717, 1.165) is 18.2 Å². The molecular weight excluding hydrogens is 288 g/mol. The summed E-state index contributed by atoms with van der Waals surface area (Å²) >= 11 is 1.68. The van der Waals surface area contributed by atoms with Gasteiger partial charge in [-0.25, -0.2) is 8.78 Å². The molecule has 1 N–H and O–H groups in total. The molecule has 0 heterocycles. The van der Waals surface area contributed by atoms with E-state index in [1.807, 2.05) is 37.4 Å². The normalized spacial score (nSPS) is 12.4. The van der Waals surface area contributed by atoms with E-state index in [4.69, 9.17) is 0 Å². The average Bonchev–Trinajstić information content (AvgIpc) is 2.50. The van der Waals surface area contributed by atoms with Gasteiger partial charge in [-0.15, -0.1) is 11.8 Å². The van der Waals surface area contributed by atoms with Crippen molar-refractivity contribution in [2.24, 2.45) is 0 Å². The quantitative estimate of drug-likeness (QED) is 0.784. The fourth-order valence-corrected chi connectivity index (χ4v) is 2.72. The van der Waals surface area contributed by atoms with Crippen LogP contribution in [0.1, 0.15) is 24.1 Å². The lowest BCUT2D eigenvalue weighted by Gasteiger charge is -2.19. The van der Waals surface area contributed by atoms with Crippen molar-refractivity contribution in [3.05, 3.63) is 65.2 Å². The van der Waals surface area contributed by atoms with E-state index in [9.17, 15) is 8.78 Å². The average molecular weight is 307 g/mol. The molecular formula is C17H19F2NS. The Morgan fingerprint density at radius 1 is 1.10 bits per heavy atom. The molecule has 2 rings (SSSR count). The van der Waals surface area contributed by atoms with Gasteiger partial charge in [-0.05, 0) is 60.7 Å². The van der Waals surface area contributed by atoms with Crippen LogP contribution in [0.15, 0.2) is 47.4 Å². The second kappa shape index (κ2) is 7.57. The molecule has 112 valence electrons. The number of nitrogens with one attached hydrogen (secondary N) is 1. The van der Waals surface area contributed by atoms with Crippen LogP contribution in [-0.4, -0.2) is 12.8 Å². The molecule has 21 heavy (non-hydrogen) atoms. The Kier molecular flexibility index (Phi) is 5.76. The summed E-state index contributed by atoms with van der Waals surface area (Å²) in [6.45, 7) is 2.77. The molecule has 0 fully saturated rings. The van der Waals surface area contributed by atoms with Gasteiger partial charge in [0.05, 0.1) is 0 Å². The second-order valence-corrected chi connectivity index (χ2v) is 5.70. The molecule has 0 saturated heterocycles. The van der Waals surface area contributed by atoms with Crippen molar-refractivity contribution in [1.29, 1.82) is 0 Å². The van der Waals surface area contributed by atoms with Crippen molar-refractivity contribution < 1.29 is 8.78 Å². The molecule has 1 atom stereocenters. The monoisotopic (exact) mass is 307 g/mol. The third-order valence-electron chi connectivity index (χ3n) is 3.40. The SMILES string of the molecule is CCNC(Cc1cc(F)ccc1F)c1ccc(SC)cc1. The van der Waals surface area contributed by atoms with Gasteiger partial charge in [0.15, 0.2) is 0 Å². The topological polar surface area (TPSA) is 12.0 Å². The van der Waals surface area contributed by atoms with Gasteiger partial charge in [-0.1, -0.05) is 19.1 Å². The third kappa shape index (κ3) is 4.29. The lowest BCUT2D eigenvalue weighted by molar-refractivity contribution is 0.522. The number of halogens is 2. The smallest absolute Gasteiger partial charge is 0.126 e. The van der Waals surface area contributed by atoms with Crippen LogP contribution in [0.4, 0.5) is 8.78 Å². The van der Waals surface area contributed by atoms with Gasteiger partial charge in [-0.3, -0.25) is 0 Å². The van der Waals surface area contributed by atoms with Crippen molar-refractivity contribution in [3.8, 4) is 0 Å². The molecule has 0 aromatic heterocycles. The van der Waals surface area contributed by atoms with Crippen LogP contribution in [0.25, 0.3) is 0 Å². The summed E-state index contributed by atoms with van der Waals surface area (Å²) in [6, 6.07) is 11.8. The van der Waals surface area contributed by atoms with Gasteiger partial charge in [0.1, 0.15) is 11.6 Å². The minimum absolute atomic E-state index is 0.0257. The molecule has 0 aliphatic carbocycles. The molecule has 0 aliphatic rings. The van der Waals surface area contributed by atoms with Crippen molar-refractivity contribution >= 4 is 11.8 Å². The van der Waals surface area contributed by atoms with E-state index in [0.29, 0.717) is 12.0 Å². The van der Waals surface area contributed by atoms with Gasteiger partial charge in [-0.2, -0.15) is 0 Å². The van der Waals surface area contributed by atoms with E-state index >= 15 is 0 Å². The van der Waals surface area contributed by atoms with Gasteiger partial charge in [0.25, 0.3) is 0 Å². The Labute approximate surface area is 128 Å². The van der Waals surface area contributed by atoms with Gasteiger partial charge >= 0.3 is 0 Å². The fraction of sp³-hybridized carbons (Fsp3) is 0.294. The summed E-state index contributed by atoms with van der Waals surface area (Å²) in [5, 5.41) is 3.34. The first-order chi connectivity index (χ1) is 10.1. The summed E-state index contributed by atoms with van der Waals surface area (Å²) < 4.78 is 27.1. The first-order valence-corrected chi connectivity index (χ1v) is 8.17. The highest BCUT2D eigenvalue weighted by molar-refractivity contribution is 7.98. The number of thioether (sulfide) groups is 1. The van der Waals surface area contributed by atoms with Gasteiger partial charge in [0.2, 0.25) is 0 Å². The first-order valence-electron chi connectivity index (χ1n) is 6.95. The zero-order chi connectivity index (χ0) is 15.2. The van der Waals surface area contributed by atoms with Crippen molar-refractivity contribution in [2.75, 3.05) is 12.8 Å². The van der Waals surface area contributed by atoms with E-state index in [2.05, 4.69) is 5.32 Å². The summed E-state index contributed by atoms with van der Waals surface area (Å²) in [4.78, 5) is 1.19. The summed E-state index contributed by atoms with van der Waals surface area (Å²) in [5.41, 5.74) is 1.48. The molecule has 0 radical (unpaired) electrons. The summed E-state index contributed by atoms with van der Waals surface area (Å²) in [5.74, 6) is -0.764. The Morgan fingerprint density at radius 2 is 1.81 bits per heavy atom. The third-order valence-corrected chi connectivity index (χ3v) is 4.14. The highest BCUT2D eigenvalue weighted by atomic mass is 32.2. The lowest BCUT2D eigenvalue weighted by Crippen LogP contribution is -2.23. The minimum atomic E-state index is -0.403. The lowest BCUT2D eigenvalue weighted by atomic mass is 9.98. The molecule has 2 aromatic carbocycles. The van der Waals surface area contributed by atoms with E-state index in [-0.39, 0.29) is 11.9 Å². The molecule has 1 unspecified atom stereocenters. The number of benzene rings is 2. The highest BCUT2D eigenvalue weighted by Crippen LogP contribution is 2.23. The fourth-order valence-electron chi connectivity index (χ4n) is 2.31. The van der Waals surface area contributed by atoms with Crippen LogP contribution in [-0.2, 0) is 6.42 Å². The number of hydrogen-bond donors (Lipinski definition) is 1. The van der Waals surface area contributed by atoms with Crippen LogP contribution in [0, 0.1) is 11.6 Å². The molecule has 0 bridgehead atoms. The maximum absolute atomic E-state index is 13.8. The standard InChI is InChI=1S/C17H19F2NS/c1-3-20-17(12-4-7-15(21-2)8-5-12)11-13-10-14(18)6-9-16(13)19/h4-10,17,20H,3,11H2,1-2H3. The van der Waals surface area contributed by atoms with E-state index in [1.54, 1.807) is 11.8 Å². The Hall–Kier alpha value is -1.39. The highest BCUT2D eigenvalue weighted by Gasteiger charge is 2.14. The minimum Gasteiger partial charge on any atom is -0.310 e. The van der Waals surface area contributed by atoms with Crippen molar-refractivity contribution in [2.45, 2.75) is 24.3 Å². The zero-order valence-corrected chi connectivity index (χ0v) is 13.0. The van der Waals surface area contributed by atoms with Crippen LogP contribution in [0.5, 0.6) is 0 Å². The molecule has 0 aliphatic heterocycles. The van der Waals surface area contributed by atoms with Crippen molar-refractivity contribution in [1.82, 2.24) is 5.32 Å². The summed E-state index contributed by atoms with van der Waals surface area (Å²) in [7, 11) is 0. The Morgan fingerprint density at radius 3 is 2.43 bits per heavy atom. The van der Waals surface area contributed by atoms with Gasteiger partial charge < -0.3 is 5.32 Å².